The van der Waals surface area contributed by atoms with Crippen LogP contribution in [0.3, 0.4) is 0 Å². The van der Waals surface area contributed by atoms with Gasteiger partial charge in [-0.05, 0) is 23.8 Å². The number of para-hydroxylation sites is 1. The molecule has 0 spiro atoms. The number of hydrogen-bond donors (Lipinski definition) is 1. The highest BCUT2D eigenvalue weighted by molar-refractivity contribution is 5.94. The molecule has 2 aromatic rings. The zero-order valence-corrected chi connectivity index (χ0v) is 15.9. The van der Waals surface area contributed by atoms with E-state index in [0.29, 0.717) is 36.8 Å². The second-order valence-corrected chi connectivity index (χ2v) is 6.32. The highest BCUT2D eigenvalue weighted by atomic mass is 16.5. The Balaban J connectivity index is 1.62. The maximum atomic E-state index is 12.8. The molecular formula is C23H24N2O3. The van der Waals surface area contributed by atoms with Crippen molar-refractivity contribution < 1.29 is 14.3 Å². The summed E-state index contributed by atoms with van der Waals surface area (Å²) in [5.41, 5.74) is 2.12. The summed E-state index contributed by atoms with van der Waals surface area (Å²) in [6, 6.07) is 19.3. The van der Waals surface area contributed by atoms with E-state index >= 15 is 0 Å². The van der Waals surface area contributed by atoms with Crippen molar-refractivity contribution >= 4 is 5.91 Å². The lowest BCUT2D eigenvalue weighted by Gasteiger charge is -2.26. The van der Waals surface area contributed by atoms with Crippen molar-refractivity contribution in [2.24, 2.45) is 0 Å². The van der Waals surface area contributed by atoms with Gasteiger partial charge in [0, 0.05) is 18.8 Å². The number of likely N-dealkylation sites (N-methyl/N-ethyl adjacent to an activating group) is 1. The Morgan fingerprint density at radius 3 is 2.43 bits per heavy atom. The van der Waals surface area contributed by atoms with Gasteiger partial charge in [-0.1, -0.05) is 55.1 Å². The van der Waals surface area contributed by atoms with Gasteiger partial charge in [-0.25, -0.2) is 0 Å². The number of nitrogens with zero attached hydrogens (tertiary/aromatic N) is 1. The van der Waals surface area contributed by atoms with Crippen LogP contribution in [-0.2, 0) is 16.1 Å². The minimum atomic E-state index is -0.229. The average Bonchev–Trinajstić information content (AvgIpc) is 2.73. The number of hydrogen-bond acceptors (Lipinski definition) is 4. The zero-order chi connectivity index (χ0) is 19.8. The second-order valence-electron chi connectivity index (χ2n) is 6.32. The molecule has 0 unspecified atom stereocenters. The van der Waals surface area contributed by atoms with Crippen molar-refractivity contribution in [1.82, 2.24) is 10.2 Å². The number of carbonyl (C=O) groups is 1. The summed E-state index contributed by atoms with van der Waals surface area (Å²) in [4.78, 5) is 14.5. The third kappa shape index (κ3) is 5.04. The summed E-state index contributed by atoms with van der Waals surface area (Å²) in [6.45, 7) is 5.14. The van der Waals surface area contributed by atoms with Crippen LogP contribution < -0.4 is 10.1 Å². The molecule has 0 saturated heterocycles. The van der Waals surface area contributed by atoms with E-state index in [2.05, 4.69) is 11.9 Å². The molecule has 0 bridgehead atoms. The smallest absolute Gasteiger partial charge is 0.271 e. The Kier molecular flexibility index (Phi) is 6.52. The largest absolute Gasteiger partial charge is 0.492 e. The van der Waals surface area contributed by atoms with Gasteiger partial charge in [-0.2, -0.15) is 0 Å². The number of rotatable bonds is 8. The highest BCUT2D eigenvalue weighted by Crippen LogP contribution is 2.25. The first-order chi connectivity index (χ1) is 13.6. The zero-order valence-electron chi connectivity index (χ0n) is 15.9. The van der Waals surface area contributed by atoms with Crippen LogP contribution in [0.15, 0.2) is 96.5 Å². The fourth-order valence-electron chi connectivity index (χ4n) is 2.75. The van der Waals surface area contributed by atoms with Gasteiger partial charge >= 0.3 is 0 Å². The normalized spacial score (nSPS) is 13.5. The molecule has 5 heteroatoms. The SMILES string of the molecule is C=C1C=CN(C)C(C(=O)NCCOc2ccccc2)=C1OCc1ccccc1. The van der Waals surface area contributed by atoms with Crippen LogP contribution in [0.4, 0.5) is 0 Å². The molecule has 1 aliphatic rings. The summed E-state index contributed by atoms with van der Waals surface area (Å²) < 4.78 is 11.6. The molecule has 0 atom stereocenters. The highest BCUT2D eigenvalue weighted by Gasteiger charge is 2.24. The van der Waals surface area contributed by atoms with Crippen LogP contribution in [0.5, 0.6) is 5.75 Å². The van der Waals surface area contributed by atoms with Gasteiger partial charge < -0.3 is 19.7 Å². The molecule has 28 heavy (non-hydrogen) atoms. The van der Waals surface area contributed by atoms with Gasteiger partial charge in [-0.15, -0.1) is 0 Å². The molecule has 1 aliphatic heterocycles. The van der Waals surface area contributed by atoms with E-state index in [9.17, 15) is 4.79 Å². The van der Waals surface area contributed by atoms with Crippen LogP contribution in [-0.4, -0.2) is 31.0 Å². The molecule has 3 rings (SSSR count). The summed E-state index contributed by atoms with van der Waals surface area (Å²) in [6.07, 6.45) is 3.63. The Labute approximate surface area is 165 Å². The summed E-state index contributed by atoms with van der Waals surface area (Å²) in [7, 11) is 1.81. The first-order valence-corrected chi connectivity index (χ1v) is 9.12. The molecule has 0 fully saturated rings. The van der Waals surface area contributed by atoms with E-state index in [0.717, 1.165) is 11.3 Å². The standard InChI is InChI=1S/C23H24N2O3/c1-18-13-15-25(2)21(22(18)28-17-19-9-5-3-6-10-19)23(26)24-14-16-27-20-11-7-4-8-12-20/h3-13,15H,1,14,16-17H2,2H3,(H,24,26). The van der Waals surface area contributed by atoms with Gasteiger partial charge in [-0.3, -0.25) is 4.79 Å². The van der Waals surface area contributed by atoms with Crippen LogP contribution in [0.1, 0.15) is 5.56 Å². The number of amides is 1. The number of benzene rings is 2. The van der Waals surface area contributed by atoms with Gasteiger partial charge in [0.25, 0.3) is 5.91 Å². The monoisotopic (exact) mass is 376 g/mol. The van der Waals surface area contributed by atoms with Crippen molar-refractivity contribution in [3.8, 4) is 5.75 Å². The van der Waals surface area contributed by atoms with E-state index in [1.165, 1.54) is 0 Å². The molecule has 144 valence electrons. The number of allylic oxidation sites excluding steroid dienone is 1. The molecule has 0 saturated carbocycles. The Bertz CT molecular complexity index is 873. The molecule has 0 aromatic heterocycles. The molecule has 0 radical (unpaired) electrons. The first-order valence-electron chi connectivity index (χ1n) is 9.12. The van der Waals surface area contributed by atoms with Crippen LogP contribution >= 0.6 is 0 Å². The lowest BCUT2D eigenvalue weighted by atomic mass is 10.1. The van der Waals surface area contributed by atoms with Crippen molar-refractivity contribution in [3.63, 3.8) is 0 Å². The van der Waals surface area contributed by atoms with Gasteiger partial charge in [0.05, 0.1) is 6.54 Å². The van der Waals surface area contributed by atoms with Gasteiger partial charge in [0.1, 0.15) is 24.7 Å². The average molecular weight is 376 g/mol. The summed E-state index contributed by atoms with van der Waals surface area (Å²) in [5, 5.41) is 2.88. The van der Waals surface area contributed by atoms with Crippen LogP contribution in [0, 0.1) is 0 Å². The molecule has 1 heterocycles. The van der Waals surface area contributed by atoms with Crippen molar-refractivity contribution in [2.45, 2.75) is 6.61 Å². The van der Waals surface area contributed by atoms with Gasteiger partial charge in [0.15, 0.2) is 5.76 Å². The molecule has 5 nitrogen and oxygen atoms in total. The Morgan fingerprint density at radius 2 is 1.71 bits per heavy atom. The van der Waals surface area contributed by atoms with Crippen LogP contribution in [0.2, 0.25) is 0 Å². The number of ether oxygens (including phenoxy) is 2. The van der Waals surface area contributed by atoms with E-state index in [1.807, 2.05) is 73.8 Å². The lowest BCUT2D eigenvalue weighted by molar-refractivity contribution is -0.119. The number of nitrogens with one attached hydrogen (secondary N) is 1. The predicted molar refractivity (Wildman–Crippen MR) is 109 cm³/mol. The van der Waals surface area contributed by atoms with E-state index < -0.39 is 0 Å². The fraction of sp³-hybridized carbons (Fsp3) is 0.174. The molecule has 0 aliphatic carbocycles. The van der Waals surface area contributed by atoms with Crippen molar-refractivity contribution in [2.75, 3.05) is 20.2 Å². The molecule has 1 N–H and O–H groups in total. The quantitative estimate of drug-likeness (QED) is 0.715. The fourth-order valence-corrected chi connectivity index (χ4v) is 2.75. The minimum Gasteiger partial charge on any atom is -0.492 e. The third-order valence-electron chi connectivity index (χ3n) is 4.20. The lowest BCUT2D eigenvalue weighted by Crippen LogP contribution is -2.36. The minimum absolute atomic E-state index is 0.229. The molecular weight excluding hydrogens is 352 g/mol. The summed E-state index contributed by atoms with van der Waals surface area (Å²) >= 11 is 0. The maximum Gasteiger partial charge on any atom is 0.271 e. The molecule has 1 amide bonds. The topological polar surface area (TPSA) is 50.8 Å². The number of carbonyl (C=O) groups excluding carboxylic acids is 1. The van der Waals surface area contributed by atoms with Crippen LogP contribution in [0.25, 0.3) is 0 Å². The third-order valence-corrected chi connectivity index (χ3v) is 4.20. The molecule has 2 aromatic carbocycles. The van der Waals surface area contributed by atoms with E-state index in [-0.39, 0.29) is 5.91 Å². The summed E-state index contributed by atoms with van der Waals surface area (Å²) in [5.74, 6) is 1.02. The first kappa shape index (κ1) is 19.3. The predicted octanol–water partition coefficient (Wildman–Crippen LogP) is 3.63. The Morgan fingerprint density at radius 1 is 1.04 bits per heavy atom. The maximum absolute atomic E-state index is 12.8. The van der Waals surface area contributed by atoms with Crippen molar-refractivity contribution in [1.29, 1.82) is 0 Å². The second kappa shape index (κ2) is 9.46. The Hall–Kier alpha value is -3.47. The van der Waals surface area contributed by atoms with Crippen molar-refractivity contribution in [3.05, 3.63) is 102 Å². The van der Waals surface area contributed by atoms with E-state index in [1.54, 1.807) is 11.1 Å². The van der Waals surface area contributed by atoms with Gasteiger partial charge in [0.2, 0.25) is 0 Å². The van der Waals surface area contributed by atoms with E-state index in [4.69, 9.17) is 9.47 Å².